The third-order valence-corrected chi connectivity index (χ3v) is 8.90. The number of ether oxygens (including phenoxy) is 2. The summed E-state index contributed by atoms with van der Waals surface area (Å²) in [6, 6.07) is 18.0. The van der Waals surface area contributed by atoms with E-state index < -0.39 is 24.4 Å². The van der Waals surface area contributed by atoms with Gasteiger partial charge in [0.1, 0.15) is 0 Å². The standard InChI is InChI=1S/C34H38ClF3N2O4/c1-21(2)44-30-19-28-23(17-29(30)43-4)18-31(41)40(32(28)22-5-9-26(35)10-6-22)27-11-7-24(8-12-27)33(3,42)25-13-15-39(16-14-25)20-34(36,37)38/h5-12,17,19,21,25,32,42H,13-16,18,20H2,1-4H3/t32?,33-/m1/s1. The highest BCUT2D eigenvalue weighted by Gasteiger charge is 2.40. The quantitative estimate of drug-likeness (QED) is 0.283. The molecule has 2 aliphatic heterocycles. The van der Waals surface area contributed by atoms with Gasteiger partial charge >= 0.3 is 6.18 Å². The van der Waals surface area contributed by atoms with Gasteiger partial charge in [0.15, 0.2) is 11.5 Å². The topological polar surface area (TPSA) is 62.2 Å². The average molecular weight is 631 g/mol. The van der Waals surface area contributed by atoms with Crippen molar-refractivity contribution in [3.05, 3.63) is 87.9 Å². The number of aliphatic hydroxyl groups is 1. The number of nitrogens with zero attached hydrogens (tertiary/aromatic N) is 2. The van der Waals surface area contributed by atoms with E-state index in [0.29, 0.717) is 40.6 Å². The summed E-state index contributed by atoms with van der Waals surface area (Å²) in [6.07, 6.45) is -3.26. The maximum Gasteiger partial charge on any atom is 0.401 e. The number of likely N-dealkylation sites (tertiary alicyclic amines) is 1. The Morgan fingerprint density at radius 2 is 1.64 bits per heavy atom. The van der Waals surface area contributed by atoms with Gasteiger partial charge in [-0.15, -0.1) is 0 Å². The Morgan fingerprint density at radius 1 is 1.00 bits per heavy atom. The number of carbonyl (C=O) groups is 1. The molecule has 2 aliphatic rings. The van der Waals surface area contributed by atoms with Crippen LogP contribution in [0.3, 0.4) is 0 Å². The van der Waals surface area contributed by atoms with Gasteiger partial charge in [0.25, 0.3) is 0 Å². The van der Waals surface area contributed by atoms with Gasteiger partial charge in [0.2, 0.25) is 5.91 Å². The van der Waals surface area contributed by atoms with E-state index in [0.717, 1.165) is 16.7 Å². The SMILES string of the molecule is COc1cc2c(cc1OC(C)C)C(c1ccc(Cl)cc1)N(c1ccc([C@@](C)(O)C3CCN(CC(F)(F)F)CC3)cc1)C(=O)C2. The molecule has 0 radical (unpaired) electrons. The maximum atomic E-state index is 13.8. The van der Waals surface area contributed by atoms with E-state index in [1.807, 2.05) is 50.2 Å². The molecule has 0 bridgehead atoms. The molecule has 3 aromatic rings. The van der Waals surface area contributed by atoms with Crippen molar-refractivity contribution < 1.29 is 32.5 Å². The molecule has 0 aliphatic carbocycles. The second-order valence-corrected chi connectivity index (χ2v) is 12.6. The second-order valence-electron chi connectivity index (χ2n) is 12.1. The number of anilines is 1. The minimum absolute atomic E-state index is 0.0885. The Kier molecular flexibility index (Phi) is 9.21. The largest absolute Gasteiger partial charge is 0.493 e. The van der Waals surface area contributed by atoms with Gasteiger partial charge in [-0.2, -0.15) is 13.2 Å². The van der Waals surface area contributed by atoms with Crippen molar-refractivity contribution >= 4 is 23.2 Å². The van der Waals surface area contributed by atoms with E-state index in [2.05, 4.69) is 0 Å². The first-order valence-corrected chi connectivity index (χ1v) is 15.2. The Labute approximate surface area is 261 Å². The van der Waals surface area contributed by atoms with E-state index in [-0.39, 0.29) is 37.4 Å². The number of carbonyl (C=O) groups excluding carboxylic acids is 1. The van der Waals surface area contributed by atoms with Crippen LogP contribution in [0.15, 0.2) is 60.7 Å². The summed E-state index contributed by atoms with van der Waals surface area (Å²) < 4.78 is 50.2. The monoisotopic (exact) mass is 630 g/mol. The number of methoxy groups -OCH3 is 1. The smallest absolute Gasteiger partial charge is 0.401 e. The lowest BCUT2D eigenvalue weighted by Gasteiger charge is -2.40. The fourth-order valence-electron chi connectivity index (χ4n) is 6.43. The fourth-order valence-corrected chi connectivity index (χ4v) is 6.56. The Bertz CT molecular complexity index is 1470. The van der Waals surface area contributed by atoms with Crippen LogP contribution in [0.25, 0.3) is 0 Å². The minimum Gasteiger partial charge on any atom is -0.493 e. The molecular formula is C34H38ClF3N2O4. The summed E-state index contributed by atoms with van der Waals surface area (Å²) in [7, 11) is 1.57. The zero-order valence-electron chi connectivity index (χ0n) is 25.3. The lowest BCUT2D eigenvalue weighted by molar-refractivity contribution is -0.151. The summed E-state index contributed by atoms with van der Waals surface area (Å²) in [5, 5.41) is 12.1. The Balaban J connectivity index is 1.47. The molecule has 0 saturated carbocycles. The van der Waals surface area contributed by atoms with Crippen LogP contribution in [-0.4, -0.2) is 54.9 Å². The molecule has 5 rings (SSSR count). The highest BCUT2D eigenvalue weighted by molar-refractivity contribution is 6.30. The molecule has 2 atom stereocenters. The molecule has 1 fully saturated rings. The van der Waals surface area contributed by atoms with Crippen LogP contribution in [0.2, 0.25) is 5.02 Å². The summed E-state index contributed by atoms with van der Waals surface area (Å²) in [5.41, 5.74) is 2.69. The van der Waals surface area contributed by atoms with Gasteiger partial charge in [0.05, 0.1) is 37.8 Å². The molecule has 1 amide bonds. The molecule has 0 aromatic heterocycles. The molecule has 3 aromatic carbocycles. The third-order valence-electron chi connectivity index (χ3n) is 8.65. The maximum absolute atomic E-state index is 13.8. The number of alkyl halides is 3. The van der Waals surface area contributed by atoms with Crippen LogP contribution >= 0.6 is 11.6 Å². The van der Waals surface area contributed by atoms with E-state index in [9.17, 15) is 23.1 Å². The molecule has 6 nitrogen and oxygen atoms in total. The number of fused-ring (bicyclic) bond motifs is 1. The second kappa shape index (κ2) is 12.6. The van der Waals surface area contributed by atoms with E-state index in [1.54, 1.807) is 43.2 Å². The Morgan fingerprint density at radius 3 is 2.20 bits per heavy atom. The molecule has 1 unspecified atom stereocenters. The first kappa shape index (κ1) is 32.1. The van der Waals surface area contributed by atoms with E-state index in [4.69, 9.17) is 21.1 Å². The zero-order chi connectivity index (χ0) is 31.8. The number of halogens is 4. The van der Waals surface area contributed by atoms with Gasteiger partial charge in [0, 0.05) is 10.7 Å². The van der Waals surface area contributed by atoms with Crippen molar-refractivity contribution in [3.63, 3.8) is 0 Å². The predicted molar refractivity (Wildman–Crippen MR) is 164 cm³/mol. The highest BCUT2D eigenvalue weighted by Crippen LogP contribution is 2.44. The van der Waals surface area contributed by atoms with Crippen molar-refractivity contribution in [2.24, 2.45) is 5.92 Å². The summed E-state index contributed by atoms with van der Waals surface area (Å²) in [4.78, 5) is 17.0. The zero-order valence-corrected chi connectivity index (χ0v) is 26.1. The number of hydrogen-bond donors (Lipinski definition) is 1. The molecule has 0 spiro atoms. The van der Waals surface area contributed by atoms with E-state index >= 15 is 0 Å². The molecule has 10 heteroatoms. The number of amides is 1. The highest BCUT2D eigenvalue weighted by atomic mass is 35.5. The lowest BCUT2D eigenvalue weighted by Crippen LogP contribution is -2.45. The van der Waals surface area contributed by atoms with Crippen LogP contribution in [0.1, 0.15) is 61.9 Å². The van der Waals surface area contributed by atoms with Crippen molar-refractivity contribution in [1.29, 1.82) is 0 Å². The fraction of sp³-hybridized carbons (Fsp3) is 0.441. The van der Waals surface area contributed by atoms with Crippen molar-refractivity contribution in [2.45, 2.75) is 64.0 Å². The summed E-state index contributed by atoms with van der Waals surface area (Å²) in [5.74, 6) is 0.845. The minimum atomic E-state index is -4.24. The van der Waals surface area contributed by atoms with Gasteiger partial charge in [-0.25, -0.2) is 0 Å². The molecule has 236 valence electrons. The molecule has 1 saturated heterocycles. The van der Waals surface area contributed by atoms with Gasteiger partial charge < -0.3 is 19.5 Å². The molecule has 2 heterocycles. The van der Waals surface area contributed by atoms with Gasteiger partial charge in [-0.3, -0.25) is 9.69 Å². The van der Waals surface area contributed by atoms with Crippen molar-refractivity contribution in [1.82, 2.24) is 4.90 Å². The lowest BCUT2D eigenvalue weighted by atomic mass is 9.77. The summed E-state index contributed by atoms with van der Waals surface area (Å²) in [6.45, 7) is 5.21. The van der Waals surface area contributed by atoms with Crippen LogP contribution in [0.5, 0.6) is 11.5 Å². The first-order chi connectivity index (χ1) is 20.8. The average Bonchev–Trinajstić information content (AvgIpc) is 2.96. The van der Waals surface area contributed by atoms with Gasteiger partial charge in [-0.1, -0.05) is 35.9 Å². The number of rotatable bonds is 8. The van der Waals surface area contributed by atoms with Gasteiger partial charge in [-0.05, 0) is 111 Å². The van der Waals surface area contributed by atoms with Crippen LogP contribution in [0.4, 0.5) is 18.9 Å². The number of hydrogen-bond acceptors (Lipinski definition) is 5. The third kappa shape index (κ3) is 6.85. The number of piperidine rings is 1. The molecular weight excluding hydrogens is 593 g/mol. The van der Waals surface area contributed by atoms with Crippen molar-refractivity contribution in [3.8, 4) is 11.5 Å². The normalized spacial score (nSPS) is 19.5. The first-order valence-electron chi connectivity index (χ1n) is 14.8. The van der Waals surface area contributed by atoms with Crippen LogP contribution in [-0.2, 0) is 16.8 Å². The molecule has 1 N–H and O–H groups in total. The molecule has 44 heavy (non-hydrogen) atoms. The number of benzene rings is 3. The van der Waals surface area contributed by atoms with E-state index in [1.165, 1.54) is 4.90 Å². The van der Waals surface area contributed by atoms with Crippen LogP contribution < -0.4 is 14.4 Å². The summed E-state index contributed by atoms with van der Waals surface area (Å²) >= 11 is 6.22. The predicted octanol–water partition coefficient (Wildman–Crippen LogP) is 7.30. The van der Waals surface area contributed by atoms with Crippen molar-refractivity contribution in [2.75, 3.05) is 31.6 Å². The van der Waals surface area contributed by atoms with Crippen LogP contribution in [0, 0.1) is 5.92 Å². The Hall–Kier alpha value is -3.27.